The lowest BCUT2D eigenvalue weighted by Gasteiger charge is -2.10. The van der Waals surface area contributed by atoms with Crippen LogP contribution in [-0.2, 0) is 17.4 Å². The van der Waals surface area contributed by atoms with Gasteiger partial charge in [0.15, 0.2) is 0 Å². The van der Waals surface area contributed by atoms with Gasteiger partial charge in [-0.3, -0.25) is 9.36 Å². The number of rotatable bonds is 6. The topological polar surface area (TPSA) is 81.9 Å². The maximum absolute atomic E-state index is 12.8. The van der Waals surface area contributed by atoms with E-state index in [4.69, 9.17) is 4.74 Å². The summed E-state index contributed by atoms with van der Waals surface area (Å²) in [6.45, 7) is 1.85. The highest BCUT2D eigenvalue weighted by Gasteiger charge is 2.30. The molecule has 0 bridgehead atoms. The highest BCUT2D eigenvalue weighted by atomic mass is 19.4. The normalized spacial score (nSPS) is 11.3. The number of hydrogen-bond acceptors (Lipinski definition) is 5. The van der Waals surface area contributed by atoms with Gasteiger partial charge < -0.3 is 10.1 Å². The van der Waals surface area contributed by atoms with Gasteiger partial charge in [-0.25, -0.2) is 15.0 Å². The predicted molar refractivity (Wildman–Crippen MR) is 114 cm³/mol. The molecule has 168 valence electrons. The molecule has 0 aliphatic rings. The van der Waals surface area contributed by atoms with E-state index in [0.717, 1.165) is 18.0 Å². The molecule has 33 heavy (non-hydrogen) atoms. The molecule has 4 aromatic rings. The van der Waals surface area contributed by atoms with E-state index >= 15 is 0 Å². The van der Waals surface area contributed by atoms with Crippen LogP contribution >= 0.6 is 0 Å². The lowest BCUT2D eigenvalue weighted by Crippen LogP contribution is -2.15. The maximum Gasteiger partial charge on any atom is 0.416 e. The van der Waals surface area contributed by atoms with Gasteiger partial charge in [0.05, 0.1) is 12.0 Å². The molecule has 2 aromatic carbocycles. The summed E-state index contributed by atoms with van der Waals surface area (Å²) >= 11 is 0. The smallest absolute Gasteiger partial charge is 0.416 e. The number of ether oxygens (including phenoxy) is 1. The minimum Gasteiger partial charge on any atom is -0.439 e. The Morgan fingerprint density at radius 3 is 2.55 bits per heavy atom. The SMILES string of the molecule is Cc1nccn1-c1cc(Oc2ccc(NC(=O)Cc3cccc(C(F)(F)F)c3)cc2)ncn1. The number of imidazole rings is 1. The Balaban J connectivity index is 1.38. The molecule has 4 rings (SSSR count). The summed E-state index contributed by atoms with van der Waals surface area (Å²) < 4.78 is 46.0. The molecule has 7 nitrogen and oxygen atoms in total. The standard InChI is InChI=1S/C23H18F3N5O2/c1-15-27-9-10-31(15)20-13-22(29-14-28-20)33-19-7-5-18(6-8-19)30-21(32)12-16-3-2-4-17(11-16)23(24,25)26/h2-11,13-14H,12H2,1H3,(H,30,32). The number of nitrogens with one attached hydrogen (secondary N) is 1. The van der Waals surface area contributed by atoms with Gasteiger partial charge >= 0.3 is 6.18 Å². The molecule has 2 heterocycles. The van der Waals surface area contributed by atoms with E-state index in [9.17, 15) is 18.0 Å². The van der Waals surface area contributed by atoms with Crippen LogP contribution in [0.4, 0.5) is 18.9 Å². The van der Waals surface area contributed by atoms with Crippen LogP contribution < -0.4 is 10.1 Å². The van der Waals surface area contributed by atoms with Gasteiger partial charge in [0, 0.05) is 24.1 Å². The second-order valence-electron chi connectivity index (χ2n) is 7.11. The Kier molecular flexibility index (Phi) is 6.07. The quantitative estimate of drug-likeness (QED) is 0.446. The molecule has 0 unspecified atom stereocenters. The second-order valence-corrected chi connectivity index (χ2v) is 7.11. The molecule has 10 heteroatoms. The third-order valence-corrected chi connectivity index (χ3v) is 4.68. The summed E-state index contributed by atoms with van der Waals surface area (Å²) in [7, 11) is 0. The van der Waals surface area contributed by atoms with Crippen LogP contribution in [0, 0.1) is 6.92 Å². The van der Waals surface area contributed by atoms with Crippen molar-refractivity contribution in [3.05, 3.63) is 90.3 Å². The Labute approximate surface area is 186 Å². The number of carbonyl (C=O) groups is 1. The number of carbonyl (C=O) groups excluding carboxylic acids is 1. The van der Waals surface area contributed by atoms with E-state index < -0.39 is 17.6 Å². The summed E-state index contributed by atoms with van der Waals surface area (Å²) in [5.41, 5.74) is -0.0305. The number of halogens is 3. The number of aryl methyl sites for hydroxylation is 1. The summed E-state index contributed by atoms with van der Waals surface area (Å²) in [6, 6.07) is 12.9. The third-order valence-electron chi connectivity index (χ3n) is 4.68. The van der Waals surface area contributed by atoms with E-state index in [-0.39, 0.29) is 12.0 Å². The number of aromatic nitrogens is 4. The van der Waals surface area contributed by atoms with E-state index in [1.165, 1.54) is 18.5 Å². The van der Waals surface area contributed by atoms with Gasteiger partial charge in [0.1, 0.15) is 23.7 Å². The molecular weight excluding hydrogens is 435 g/mol. The average molecular weight is 453 g/mol. The summed E-state index contributed by atoms with van der Waals surface area (Å²) in [5.74, 6) is 1.75. The minimum absolute atomic E-state index is 0.181. The van der Waals surface area contributed by atoms with Crippen molar-refractivity contribution in [1.82, 2.24) is 19.5 Å². The van der Waals surface area contributed by atoms with Crippen molar-refractivity contribution in [3.63, 3.8) is 0 Å². The molecule has 1 N–H and O–H groups in total. The first-order valence-electron chi connectivity index (χ1n) is 9.84. The van der Waals surface area contributed by atoms with E-state index in [0.29, 0.717) is 23.1 Å². The van der Waals surface area contributed by atoms with Crippen LogP contribution in [0.15, 0.2) is 73.3 Å². The monoisotopic (exact) mass is 453 g/mol. The van der Waals surface area contributed by atoms with Gasteiger partial charge in [-0.05, 0) is 42.8 Å². The number of anilines is 1. The van der Waals surface area contributed by atoms with Crippen molar-refractivity contribution >= 4 is 11.6 Å². The zero-order chi connectivity index (χ0) is 23.4. The van der Waals surface area contributed by atoms with Gasteiger partial charge in [-0.2, -0.15) is 13.2 Å². The summed E-state index contributed by atoms with van der Waals surface area (Å²) in [5, 5.41) is 2.66. The number of nitrogens with zero attached hydrogens (tertiary/aromatic N) is 4. The van der Waals surface area contributed by atoms with E-state index in [1.54, 1.807) is 47.3 Å². The molecule has 0 radical (unpaired) electrons. The van der Waals surface area contributed by atoms with Gasteiger partial charge in [0.2, 0.25) is 11.8 Å². The van der Waals surface area contributed by atoms with Crippen LogP contribution in [0.25, 0.3) is 5.82 Å². The fourth-order valence-electron chi connectivity index (χ4n) is 3.11. The Morgan fingerprint density at radius 2 is 1.85 bits per heavy atom. The zero-order valence-electron chi connectivity index (χ0n) is 17.4. The fourth-order valence-corrected chi connectivity index (χ4v) is 3.11. The summed E-state index contributed by atoms with van der Waals surface area (Å²) in [4.78, 5) is 24.7. The number of alkyl halides is 3. The van der Waals surface area contributed by atoms with Crippen LogP contribution in [-0.4, -0.2) is 25.4 Å². The Morgan fingerprint density at radius 1 is 1.06 bits per heavy atom. The molecule has 0 saturated heterocycles. The van der Waals surface area contributed by atoms with E-state index in [2.05, 4.69) is 20.3 Å². The van der Waals surface area contributed by atoms with Gasteiger partial charge in [-0.15, -0.1) is 0 Å². The average Bonchev–Trinajstić information content (AvgIpc) is 3.21. The molecule has 0 saturated carbocycles. The predicted octanol–water partition coefficient (Wildman–Crippen LogP) is 4.96. The number of benzene rings is 2. The number of hydrogen-bond donors (Lipinski definition) is 1. The molecular formula is C23H18F3N5O2. The lowest BCUT2D eigenvalue weighted by atomic mass is 10.1. The van der Waals surface area contributed by atoms with Gasteiger partial charge in [0.25, 0.3) is 0 Å². The number of amides is 1. The van der Waals surface area contributed by atoms with Crippen LogP contribution in [0.5, 0.6) is 11.6 Å². The van der Waals surface area contributed by atoms with Crippen molar-refractivity contribution in [2.75, 3.05) is 5.32 Å². The largest absolute Gasteiger partial charge is 0.439 e. The first kappa shape index (κ1) is 22.0. The Bertz CT molecular complexity index is 1270. The molecule has 1 amide bonds. The van der Waals surface area contributed by atoms with Gasteiger partial charge in [-0.1, -0.05) is 18.2 Å². The van der Waals surface area contributed by atoms with Crippen LogP contribution in [0.1, 0.15) is 17.0 Å². The maximum atomic E-state index is 12.8. The Hall–Kier alpha value is -4.21. The van der Waals surface area contributed by atoms with Crippen LogP contribution in [0.2, 0.25) is 0 Å². The van der Waals surface area contributed by atoms with E-state index in [1.807, 2.05) is 6.92 Å². The van der Waals surface area contributed by atoms with Crippen molar-refractivity contribution in [2.45, 2.75) is 19.5 Å². The van der Waals surface area contributed by atoms with Crippen molar-refractivity contribution in [1.29, 1.82) is 0 Å². The molecule has 0 spiro atoms. The lowest BCUT2D eigenvalue weighted by molar-refractivity contribution is -0.137. The minimum atomic E-state index is -4.45. The highest BCUT2D eigenvalue weighted by Crippen LogP contribution is 2.29. The molecule has 0 aliphatic heterocycles. The summed E-state index contributed by atoms with van der Waals surface area (Å²) in [6.07, 6.45) is 0.187. The molecule has 0 fully saturated rings. The molecule has 2 aromatic heterocycles. The van der Waals surface area contributed by atoms with Crippen molar-refractivity contribution in [3.8, 4) is 17.4 Å². The van der Waals surface area contributed by atoms with Crippen molar-refractivity contribution < 1.29 is 22.7 Å². The first-order chi connectivity index (χ1) is 15.8. The van der Waals surface area contributed by atoms with Crippen LogP contribution in [0.3, 0.4) is 0 Å². The first-order valence-corrected chi connectivity index (χ1v) is 9.84. The molecule has 0 atom stereocenters. The highest BCUT2D eigenvalue weighted by molar-refractivity contribution is 5.92. The third kappa shape index (κ3) is 5.53. The molecule has 0 aliphatic carbocycles. The fraction of sp³-hybridized carbons (Fsp3) is 0.130. The zero-order valence-corrected chi connectivity index (χ0v) is 17.4. The van der Waals surface area contributed by atoms with Crippen molar-refractivity contribution in [2.24, 2.45) is 0 Å². The second kappa shape index (κ2) is 9.11.